The van der Waals surface area contributed by atoms with E-state index in [4.69, 9.17) is 0 Å². The summed E-state index contributed by atoms with van der Waals surface area (Å²) in [7, 11) is -2.01. The van der Waals surface area contributed by atoms with Gasteiger partial charge >= 0.3 is 0 Å². The molecule has 0 aliphatic rings. The number of aromatic nitrogens is 2. The first kappa shape index (κ1) is 20.2. The Kier molecular flexibility index (Phi) is 6.21. The molecule has 1 N–H and O–H groups in total. The van der Waals surface area contributed by atoms with E-state index in [1.165, 1.54) is 41.7 Å². The molecule has 3 rings (SSSR count). The van der Waals surface area contributed by atoms with E-state index >= 15 is 0 Å². The molecule has 2 aromatic carbocycles. The van der Waals surface area contributed by atoms with Gasteiger partial charge in [-0.2, -0.15) is 5.10 Å². The number of nitrogens with one attached hydrogen (secondary N) is 1. The lowest BCUT2D eigenvalue weighted by atomic mass is 10.1. The van der Waals surface area contributed by atoms with Crippen LogP contribution in [0.3, 0.4) is 0 Å². The zero-order valence-corrected chi connectivity index (χ0v) is 16.2. The molecule has 0 atom stereocenters. The molecule has 0 radical (unpaired) electrons. The lowest BCUT2D eigenvalue weighted by molar-refractivity contribution is 0.459. The fourth-order valence-electron chi connectivity index (χ4n) is 2.86. The molecule has 3 aromatic rings. The number of halogens is 2. The lowest BCUT2D eigenvalue weighted by Gasteiger charge is -2.17. The summed E-state index contributed by atoms with van der Waals surface area (Å²) in [4.78, 5) is 0. The minimum Gasteiger partial charge on any atom is -0.282 e. The van der Waals surface area contributed by atoms with E-state index in [9.17, 15) is 17.2 Å². The minimum atomic E-state index is -3.53. The van der Waals surface area contributed by atoms with Crippen molar-refractivity contribution in [1.29, 1.82) is 0 Å². The maximum absolute atomic E-state index is 13.3. The summed E-state index contributed by atoms with van der Waals surface area (Å²) in [6.07, 6.45) is 1.19. The Morgan fingerprint density at radius 1 is 1.04 bits per heavy atom. The summed E-state index contributed by atoms with van der Waals surface area (Å²) in [5, 5.41) is 7.08. The van der Waals surface area contributed by atoms with Crippen LogP contribution in [0.2, 0.25) is 0 Å². The molecule has 1 aromatic heterocycles. The number of sulfonamides is 1. The van der Waals surface area contributed by atoms with E-state index in [1.54, 1.807) is 18.2 Å². The van der Waals surface area contributed by atoms with Crippen LogP contribution in [-0.2, 0) is 22.2 Å². The van der Waals surface area contributed by atoms with Crippen LogP contribution in [0.1, 0.15) is 17.7 Å². The zero-order chi connectivity index (χ0) is 20.1. The van der Waals surface area contributed by atoms with Gasteiger partial charge in [-0.25, -0.2) is 21.5 Å². The van der Waals surface area contributed by atoms with Crippen molar-refractivity contribution in [3.05, 3.63) is 77.5 Å². The molecular formula is C20H21F2N3O2S. The number of nitrogens with zero attached hydrogens (tertiary/aromatic N) is 2. The van der Waals surface area contributed by atoms with Crippen molar-refractivity contribution >= 4 is 10.0 Å². The highest BCUT2D eigenvalue weighted by atomic mass is 32.2. The van der Waals surface area contributed by atoms with Gasteiger partial charge < -0.3 is 0 Å². The third kappa shape index (κ3) is 5.24. The first-order valence-corrected chi connectivity index (χ1v) is 10.4. The van der Waals surface area contributed by atoms with Gasteiger partial charge in [0.15, 0.2) is 0 Å². The Bertz CT molecular complexity index is 1050. The minimum absolute atomic E-state index is 0.241. The van der Waals surface area contributed by atoms with Gasteiger partial charge in [0, 0.05) is 24.8 Å². The molecule has 0 unspecified atom stereocenters. The Morgan fingerprint density at radius 3 is 2.46 bits per heavy atom. The van der Waals surface area contributed by atoms with Gasteiger partial charge in [0.05, 0.1) is 11.4 Å². The summed E-state index contributed by atoms with van der Waals surface area (Å²) in [5.41, 5.74) is 2.58. The first-order chi connectivity index (χ1) is 13.3. The van der Waals surface area contributed by atoms with Crippen molar-refractivity contribution in [2.45, 2.75) is 18.6 Å². The number of benzene rings is 2. The standard InChI is InChI=1S/C20H21F2N3O2S/c1-25(28(26,27)14-15-5-2-7-17(21)11-15)10-4-9-19-13-20(24-23-19)16-6-3-8-18(22)12-16/h2-3,5-8,11-13H,4,9-10,14H2,1H3,(H,23,24). The number of H-pyrrole nitrogens is 1. The van der Waals surface area contributed by atoms with Crippen molar-refractivity contribution in [3.63, 3.8) is 0 Å². The number of hydrogen-bond acceptors (Lipinski definition) is 3. The summed E-state index contributed by atoms with van der Waals surface area (Å²) in [6.45, 7) is 0.325. The summed E-state index contributed by atoms with van der Waals surface area (Å²) < 4.78 is 52.7. The lowest BCUT2D eigenvalue weighted by Crippen LogP contribution is -2.29. The molecule has 0 spiro atoms. The topological polar surface area (TPSA) is 66.1 Å². The molecule has 0 aliphatic carbocycles. The predicted molar refractivity (Wildman–Crippen MR) is 104 cm³/mol. The third-order valence-corrected chi connectivity index (χ3v) is 6.21. The second kappa shape index (κ2) is 8.62. The molecule has 8 heteroatoms. The largest absolute Gasteiger partial charge is 0.282 e. The van der Waals surface area contributed by atoms with Gasteiger partial charge in [-0.3, -0.25) is 5.10 Å². The second-order valence-electron chi connectivity index (χ2n) is 6.60. The average molecular weight is 405 g/mol. The average Bonchev–Trinajstić information content (AvgIpc) is 3.10. The van der Waals surface area contributed by atoms with Crippen molar-refractivity contribution < 1.29 is 17.2 Å². The van der Waals surface area contributed by atoms with E-state index in [0.717, 1.165) is 5.69 Å². The Balaban J connectivity index is 1.54. The van der Waals surface area contributed by atoms with Crippen LogP contribution in [-0.4, -0.2) is 36.5 Å². The number of aromatic amines is 1. The molecule has 0 saturated carbocycles. The molecule has 148 valence electrons. The highest BCUT2D eigenvalue weighted by molar-refractivity contribution is 7.88. The van der Waals surface area contributed by atoms with Crippen molar-refractivity contribution in [2.75, 3.05) is 13.6 Å². The molecule has 28 heavy (non-hydrogen) atoms. The molecule has 0 bridgehead atoms. The predicted octanol–water partition coefficient (Wildman–Crippen LogP) is 3.75. The smallest absolute Gasteiger partial charge is 0.218 e. The van der Waals surface area contributed by atoms with Crippen LogP contribution in [0.4, 0.5) is 8.78 Å². The van der Waals surface area contributed by atoms with Crippen LogP contribution in [0, 0.1) is 11.6 Å². The maximum atomic E-state index is 13.3. The Hall–Kier alpha value is -2.58. The van der Waals surface area contributed by atoms with Gasteiger partial charge in [-0.15, -0.1) is 0 Å². The maximum Gasteiger partial charge on any atom is 0.218 e. The van der Waals surface area contributed by atoms with Gasteiger partial charge in [0.2, 0.25) is 10.0 Å². The van der Waals surface area contributed by atoms with Crippen molar-refractivity contribution in [1.82, 2.24) is 14.5 Å². The van der Waals surface area contributed by atoms with Crippen LogP contribution < -0.4 is 0 Å². The zero-order valence-electron chi connectivity index (χ0n) is 15.4. The fraction of sp³-hybridized carbons (Fsp3) is 0.250. The van der Waals surface area contributed by atoms with Gasteiger partial charge in [-0.05, 0) is 48.7 Å². The van der Waals surface area contributed by atoms with E-state index < -0.39 is 15.8 Å². The second-order valence-corrected chi connectivity index (χ2v) is 8.68. The normalized spacial score (nSPS) is 11.9. The van der Waals surface area contributed by atoms with Gasteiger partial charge in [0.25, 0.3) is 0 Å². The number of hydrogen-bond donors (Lipinski definition) is 1. The molecule has 0 saturated heterocycles. The van der Waals surface area contributed by atoms with Crippen molar-refractivity contribution in [2.24, 2.45) is 0 Å². The van der Waals surface area contributed by atoms with E-state index in [-0.39, 0.29) is 11.6 Å². The molecule has 0 fully saturated rings. The monoisotopic (exact) mass is 405 g/mol. The van der Waals surface area contributed by atoms with Gasteiger partial charge in [-0.1, -0.05) is 24.3 Å². The van der Waals surface area contributed by atoms with Crippen molar-refractivity contribution in [3.8, 4) is 11.3 Å². The van der Waals surface area contributed by atoms with Crippen LogP contribution in [0.15, 0.2) is 54.6 Å². The highest BCUT2D eigenvalue weighted by Gasteiger charge is 2.18. The Morgan fingerprint density at radius 2 is 1.75 bits per heavy atom. The number of rotatable bonds is 8. The fourth-order valence-corrected chi connectivity index (χ4v) is 4.09. The van der Waals surface area contributed by atoms with Crippen LogP contribution >= 0.6 is 0 Å². The molecule has 5 nitrogen and oxygen atoms in total. The summed E-state index contributed by atoms with van der Waals surface area (Å²) >= 11 is 0. The molecule has 1 heterocycles. The summed E-state index contributed by atoms with van der Waals surface area (Å²) in [6, 6.07) is 13.6. The summed E-state index contributed by atoms with van der Waals surface area (Å²) in [5.74, 6) is -1.02. The Labute approximate surface area is 163 Å². The van der Waals surface area contributed by atoms with Crippen LogP contribution in [0.25, 0.3) is 11.3 Å². The van der Waals surface area contributed by atoms with Gasteiger partial charge in [0.1, 0.15) is 11.6 Å². The van der Waals surface area contributed by atoms with Crippen LogP contribution in [0.5, 0.6) is 0 Å². The molecule has 0 amide bonds. The third-order valence-electron chi connectivity index (χ3n) is 4.38. The highest BCUT2D eigenvalue weighted by Crippen LogP contribution is 2.19. The SMILES string of the molecule is CN(CCCc1cc(-c2cccc(F)c2)n[nH]1)S(=O)(=O)Cc1cccc(F)c1. The van der Waals surface area contributed by atoms with E-state index in [1.807, 2.05) is 6.07 Å². The molecular weight excluding hydrogens is 384 g/mol. The first-order valence-electron chi connectivity index (χ1n) is 8.82. The number of aryl methyl sites for hydroxylation is 1. The van der Waals surface area contributed by atoms with E-state index in [2.05, 4.69) is 10.2 Å². The quantitative estimate of drug-likeness (QED) is 0.621. The van der Waals surface area contributed by atoms with E-state index in [0.29, 0.717) is 36.2 Å². The molecule has 0 aliphatic heterocycles.